The van der Waals surface area contributed by atoms with Crippen LogP contribution >= 0.6 is 0 Å². The molecular formula is C17H17NO3. The van der Waals surface area contributed by atoms with Gasteiger partial charge in [0.25, 0.3) is 5.91 Å². The number of Topliss-reactive ketones (excluding diaryl/α,β-unsaturated/α-hetero) is 1. The van der Waals surface area contributed by atoms with Crippen LogP contribution < -0.4 is 10.1 Å². The summed E-state index contributed by atoms with van der Waals surface area (Å²) in [5.74, 6) is 0.234. The number of hydrogen-bond acceptors (Lipinski definition) is 3. The van der Waals surface area contributed by atoms with Crippen LogP contribution in [0.2, 0.25) is 0 Å². The third-order valence-electron chi connectivity index (χ3n) is 3.18. The molecule has 108 valence electrons. The van der Waals surface area contributed by atoms with Gasteiger partial charge in [-0.1, -0.05) is 36.4 Å². The van der Waals surface area contributed by atoms with E-state index in [9.17, 15) is 9.59 Å². The molecule has 2 rings (SSSR count). The van der Waals surface area contributed by atoms with E-state index in [0.717, 1.165) is 5.56 Å². The monoisotopic (exact) mass is 283 g/mol. The van der Waals surface area contributed by atoms with Crippen LogP contribution in [0.4, 0.5) is 0 Å². The number of hydrogen-bond donors (Lipinski definition) is 1. The summed E-state index contributed by atoms with van der Waals surface area (Å²) in [6, 6.07) is 14.1. The molecule has 0 aromatic heterocycles. The van der Waals surface area contributed by atoms with Gasteiger partial charge in [0.05, 0.1) is 13.7 Å². The SMILES string of the molecule is COc1cc(C(=O)NCC(=O)c2ccccc2)ccc1C. The molecule has 4 nitrogen and oxygen atoms in total. The second kappa shape index (κ2) is 6.70. The highest BCUT2D eigenvalue weighted by molar-refractivity contribution is 6.02. The second-order valence-electron chi connectivity index (χ2n) is 4.66. The maximum atomic E-state index is 12.0. The first-order chi connectivity index (χ1) is 10.1. The zero-order valence-corrected chi connectivity index (χ0v) is 12.1. The Balaban J connectivity index is 2.00. The maximum absolute atomic E-state index is 12.0. The van der Waals surface area contributed by atoms with Crippen molar-refractivity contribution < 1.29 is 14.3 Å². The van der Waals surface area contributed by atoms with E-state index in [1.807, 2.05) is 19.1 Å². The summed E-state index contributed by atoms with van der Waals surface area (Å²) in [5, 5.41) is 2.62. The Morgan fingerprint density at radius 2 is 1.76 bits per heavy atom. The zero-order valence-electron chi connectivity index (χ0n) is 12.1. The number of benzene rings is 2. The Bertz CT molecular complexity index is 650. The minimum atomic E-state index is -0.294. The molecule has 0 aliphatic heterocycles. The zero-order chi connectivity index (χ0) is 15.2. The molecule has 21 heavy (non-hydrogen) atoms. The van der Waals surface area contributed by atoms with Crippen LogP contribution in [0.1, 0.15) is 26.3 Å². The molecule has 1 amide bonds. The Morgan fingerprint density at radius 3 is 2.43 bits per heavy atom. The molecule has 0 bridgehead atoms. The van der Waals surface area contributed by atoms with Gasteiger partial charge in [-0.05, 0) is 24.6 Å². The molecule has 4 heteroatoms. The predicted octanol–water partition coefficient (Wildman–Crippen LogP) is 2.62. The van der Waals surface area contributed by atoms with Gasteiger partial charge in [-0.2, -0.15) is 0 Å². The lowest BCUT2D eigenvalue weighted by atomic mass is 10.1. The van der Waals surface area contributed by atoms with E-state index in [4.69, 9.17) is 4.74 Å². The first kappa shape index (κ1) is 14.8. The summed E-state index contributed by atoms with van der Waals surface area (Å²) in [7, 11) is 1.56. The minimum absolute atomic E-state index is 0.0287. The lowest BCUT2D eigenvalue weighted by Gasteiger charge is -2.08. The number of ether oxygens (including phenoxy) is 1. The van der Waals surface area contributed by atoms with E-state index in [2.05, 4.69) is 5.32 Å². The number of rotatable bonds is 5. The van der Waals surface area contributed by atoms with E-state index < -0.39 is 0 Å². The molecule has 0 aliphatic carbocycles. The predicted molar refractivity (Wildman–Crippen MR) is 80.8 cm³/mol. The van der Waals surface area contributed by atoms with Crippen molar-refractivity contribution in [2.45, 2.75) is 6.92 Å². The average molecular weight is 283 g/mol. The van der Waals surface area contributed by atoms with Crippen LogP contribution in [0.25, 0.3) is 0 Å². The van der Waals surface area contributed by atoms with Crippen LogP contribution in [0.15, 0.2) is 48.5 Å². The molecule has 0 saturated carbocycles. The third kappa shape index (κ3) is 3.69. The first-order valence-corrected chi connectivity index (χ1v) is 6.63. The Morgan fingerprint density at radius 1 is 1.05 bits per heavy atom. The van der Waals surface area contributed by atoms with Crippen molar-refractivity contribution in [3.8, 4) is 5.75 Å². The van der Waals surface area contributed by atoms with Gasteiger partial charge in [-0.3, -0.25) is 9.59 Å². The van der Waals surface area contributed by atoms with E-state index in [1.54, 1.807) is 43.5 Å². The molecule has 0 saturated heterocycles. The number of carbonyl (C=O) groups excluding carboxylic acids is 2. The van der Waals surface area contributed by atoms with Crippen molar-refractivity contribution in [2.24, 2.45) is 0 Å². The van der Waals surface area contributed by atoms with Gasteiger partial charge in [0, 0.05) is 11.1 Å². The van der Waals surface area contributed by atoms with Crippen molar-refractivity contribution in [3.05, 3.63) is 65.2 Å². The second-order valence-corrected chi connectivity index (χ2v) is 4.66. The number of aryl methyl sites for hydroxylation is 1. The molecule has 0 radical (unpaired) electrons. The van der Waals surface area contributed by atoms with Crippen LogP contribution in [-0.4, -0.2) is 25.3 Å². The molecule has 0 heterocycles. The van der Waals surface area contributed by atoms with E-state index in [1.165, 1.54) is 0 Å². The normalized spacial score (nSPS) is 10.0. The lowest BCUT2D eigenvalue weighted by Crippen LogP contribution is -2.29. The standard InChI is InChI=1S/C17H17NO3/c1-12-8-9-14(10-16(12)21-2)17(20)18-11-15(19)13-6-4-3-5-7-13/h3-10H,11H2,1-2H3,(H,18,20). The summed E-state index contributed by atoms with van der Waals surface area (Å²) >= 11 is 0. The third-order valence-corrected chi connectivity index (χ3v) is 3.18. The number of ketones is 1. The van der Waals surface area contributed by atoms with Gasteiger partial charge in [0.1, 0.15) is 5.75 Å². The van der Waals surface area contributed by atoms with Gasteiger partial charge < -0.3 is 10.1 Å². The molecule has 2 aromatic rings. The van der Waals surface area contributed by atoms with Crippen molar-refractivity contribution >= 4 is 11.7 Å². The highest BCUT2D eigenvalue weighted by atomic mass is 16.5. The van der Waals surface area contributed by atoms with Crippen LogP contribution in [0, 0.1) is 6.92 Å². The number of carbonyl (C=O) groups is 2. The highest BCUT2D eigenvalue weighted by Crippen LogP contribution is 2.18. The molecular weight excluding hydrogens is 266 g/mol. The highest BCUT2D eigenvalue weighted by Gasteiger charge is 2.11. The summed E-state index contributed by atoms with van der Waals surface area (Å²) in [6.07, 6.45) is 0. The maximum Gasteiger partial charge on any atom is 0.251 e. The van der Waals surface area contributed by atoms with E-state index >= 15 is 0 Å². The van der Waals surface area contributed by atoms with Crippen molar-refractivity contribution in [1.29, 1.82) is 0 Å². The Kier molecular flexibility index (Phi) is 4.72. The minimum Gasteiger partial charge on any atom is -0.496 e. The fourth-order valence-corrected chi connectivity index (χ4v) is 1.95. The van der Waals surface area contributed by atoms with Gasteiger partial charge in [0.2, 0.25) is 0 Å². The van der Waals surface area contributed by atoms with Gasteiger partial charge in [-0.25, -0.2) is 0 Å². The summed E-state index contributed by atoms with van der Waals surface area (Å²) in [5.41, 5.74) is 2.01. The number of nitrogens with one attached hydrogen (secondary N) is 1. The molecule has 0 aliphatic rings. The van der Waals surface area contributed by atoms with E-state index in [-0.39, 0.29) is 18.2 Å². The lowest BCUT2D eigenvalue weighted by molar-refractivity contribution is 0.0904. The average Bonchev–Trinajstić information content (AvgIpc) is 2.53. The van der Waals surface area contributed by atoms with Gasteiger partial charge >= 0.3 is 0 Å². The summed E-state index contributed by atoms with van der Waals surface area (Å²) in [6.45, 7) is 1.87. The molecule has 0 atom stereocenters. The van der Waals surface area contributed by atoms with Gasteiger partial charge in [0.15, 0.2) is 5.78 Å². The van der Waals surface area contributed by atoms with Crippen molar-refractivity contribution in [3.63, 3.8) is 0 Å². The van der Waals surface area contributed by atoms with Gasteiger partial charge in [-0.15, -0.1) is 0 Å². The largest absolute Gasteiger partial charge is 0.496 e. The fraction of sp³-hybridized carbons (Fsp3) is 0.176. The summed E-state index contributed by atoms with van der Waals surface area (Å²) < 4.78 is 5.18. The first-order valence-electron chi connectivity index (χ1n) is 6.63. The Labute approximate surface area is 123 Å². The topological polar surface area (TPSA) is 55.4 Å². The fourth-order valence-electron chi connectivity index (χ4n) is 1.95. The molecule has 0 spiro atoms. The quantitative estimate of drug-likeness (QED) is 0.858. The van der Waals surface area contributed by atoms with E-state index in [0.29, 0.717) is 16.9 Å². The van der Waals surface area contributed by atoms with Crippen LogP contribution in [0.5, 0.6) is 5.75 Å². The van der Waals surface area contributed by atoms with Crippen LogP contribution in [-0.2, 0) is 0 Å². The molecule has 0 unspecified atom stereocenters. The Hall–Kier alpha value is -2.62. The summed E-state index contributed by atoms with van der Waals surface area (Å²) in [4.78, 5) is 24.0. The van der Waals surface area contributed by atoms with Crippen molar-refractivity contribution in [2.75, 3.05) is 13.7 Å². The molecule has 2 aromatic carbocycles. The van der Waals surface area contributed by atoms with Crippen molar-refractivity contribution in [1.82, 2.24) is 5.32 Å². The van der Waals surface area contributed by atoms with Crippen LogP contribution in [0.3, 0.4) is 0 Å². The number of methoxy groups -OCH3 is 1. The molecule has 1 N–H and O–H groups in total. The number of amides is 1. The smallest absolute Gasteiger partial charge is 0.251 e. The molecule has 0 fully saturated rings.